The standard InChI is InChI=1S/C20H16BrFN2O3S/c1-24(16-5-3-2-4-6-16)28(26,27)17-10-7-14(8-11-17)20(25)23-19-12-9-15(22)13-18(19)21/h2-13H,1H3,(H,23,25). The van der Waals surface area contributed by atoms with Gasteiger partial charge in [-0.2, -0.15) is 0 Å². The first-order valence-corrected chi connectivity index (χ1v) is 10.4. The molecule has 0 aliphatic heterocycles. The van der Waals surface area contributed by atoms with E-state index in [1.807, 2.05) is 0 Å². The third kappa shape index (κ3) is 4.23. The Morgan fingerprint density at radius 2 is 1.64 bits per heavy atom. The highest BCUT2D eigenvalue weighted by atomic mass is 79.9. The second kappa shape index (κ2) is 8.12. The Morgan fingerprint density at radius 1 is 1.00 bits per heavy atom. The summed E-state index contributed by atoms with van der Waals surface area (Å²) in [4.78, 5) is 12.4. The van der Waals surface area contributed by atoms with Crippen LogP contribution in [0.2, 0.25) is 0 Å². The Morgan fingerprint density at radius 3 is 2.25 bits per heavy atom. The molecule has 0 atom stereocenters. The minimum Gasteiger partial charge on any atom is -0.321 e. The van der Waals surface area contributed by atoms with E-state index in [0.717, 1.165) is 0 Å². The van der Waals surface area contributed by atoms with Crippen molar-refractivity contribution in [3.8, 4) is 0 Å². The molecule has 28 heavy (non-hydrogen) atoms. The van der Waals surface area contributed by atoms with Gasteiger partial charge in [0.05, 0.1) is 16.3 Å². The van der Waals surface area contributed by atoms with Gasteiger partial charge in [0.25, 0.3) is 15.9 Å². The van der Waals surface area contributed by atoms with E-state index in [4.69, 9.17) is 0 Å². The van der Waals surface area contributed by atoms with Crippen molar-refractivity contribution in [1.82, 2.24) is 0 Å². The van der Waals surface area contributed by atoms with Gasteiger partial charge < -0.3 is 5.32 Å². The molecular formula is C20H16BrFN2O3S. The zero-order valence-electron chi connectivity index (χ0n) is 14.8. The van der Waals surface area contributed by atoms with Crippen molar-refractivity contribution in [1.29, 1.82) is 0 Å². The molecule has 0 saturated carbocycles. The minimum atomic E-state index is -3.75. The molecule has 5 nitrogen and oxygen atoms in total. The van der Waals surface area contributed by atoms with Crippen molar-refractivity contribution < 1.29 is 17.6 Å². The summed E-state index contributed by atoms with van der Waals surface area (Å²) in [5, 5.41) is 2.65. The molecule has 1 amide bonds. The fraction of sp³-hybridized carbons (Fsp3) is 0.0500. The van der Waals surface area contributed by atoms with Gasteiger partial charge in [0, 0.05) is 17.1 Å². The van der Waals surface area contributed by atoms with Crippen molar-refractivity contribution >= 4 is 43.2 Å². The van der Waals surface area contributed by atoms with E-state index in [0.29, 0.717) is 15.8 Å². The predicted molar refractivity (Wildman–Crippen MR) is 111 cm³/mol. The van der Waals surface area contributed by atoms with Gasteiger partial charge in [-0.3, -0.25) is 9.10 Å². The molecule has 0 aromatic heterocycles. The van der Waals surface area contributed by atoms with Gasteiger partial charge in [0.1, 0.15) is 5.82 Å². The first kappa shape index (κ1) is 20.0. The first-order valence-electron chi connectivity index (χ1n) is 8.19. The first-order chi connectivity index (χ1) is 13.3. The third-order valence-corrected chi connectivity index (χ3v) is 6.53. The predicted octanol–water partition coefficient (Wildman–Crippen LogP) is 4.67. The fourth-order valence-corrected chi connectivity index (χ4v) is 4.14. The Bertz CT molecular complexity index is 1100. The van der Waals surface area contributed by atoms with Crippen LogP contribution in [-0.2, 0) is 10.0 Å². The number of para-hydroxylation sites is 1. The number of hydrogen-bond acceptors (Lipinski definition) is 3. The summed E-state index contributed by atoms with van der Waals surface area (Å²) < 4.78 is 40.3. The molecule has 3 rings (SSSR count). The molecule has 3 aromatic carbocycles. The van der Waals surface area contributed by atoms with Gasteiger partial charge in [0.15, 0.2) is 0 Å². The van der Waals surface area contributed by atoms with E-state index in [2.05, 4.69) is 21.2 Å². The number of rotatable bonds is 5. The normalized spacial score (nSPS) is 11.1. The summed E-state index contributed by atoms with van der Waals surface area (Å²) in [6.45, 7) is 0. The van der Waals surface area contributed by atoms with Crippen LogP contribution in [0.25, 0.3) is 0 Å². The second-order valence-corrected chi connectivity index (χ2v) is 8.73. The summed E-state index contributed by atoms with van der Waals surface area (Å²) in [6.07, 6.45) is 0. The minimum absolute atomic E-state index is 0.0679. The van der Waals surface area contributed by atoms with Crippen LogP contribution in [-0.4, -0.2) is 21.4 Å². The summed E-state index contributed by atoms with van der Waals surface area (Å²) in [7, 11) is -2.28. The number of sulfonamides is 1. The molecule has 0 aliphatic rings. The molecule has 0 heterocycles. The van der Waals surface area contributed by atoms with Gasteiger partial charge in [-0.15, -0.1) is 0 Å². The van der Waals surface area contributed by atoms with Gasteiger partial charge in [-0.1, -0.05) is 18.2 Å². The van der Waals surface area contributed by atoms with Crippen molar-refractivity contribution in [2.45, 2.75) is 4.90 Å². The maximum atomic E-state index is 13.1. The summed E-state index contributed by atoms with van der Waals surface area (Å²) in [6, 6.07) is 18.2. The average Bonchev–Trinajstić information content (AvgIpc) is 2.70. The molecule has 1 N–H and O–H groups in total. The monoisotopic (exact) mass is 462 g/mol. The largest absolute Gasteiger partial charge is 0.321 e. The lowest BCUT2D eigenvalue weighted by Gasteiger charge is -2.19. The van der Waals surface area contributed by atoms with Crippen LogP contribution in [0.5, 0.6) is 0 Å². The molecule has 0 spiro atoms. The van der Waals surface area contributed by atoms with Gasteiger partial charge in [-0.25, -0.2) is 12.8 Å². The number of nitrogens with zero attached hydrogens (tertiary/aromatic N) is 1. The quantitative estimate of drug-likeness (QED) is 0.599. The molecule has 0 unspecified atom stereocenters. The van der Waals surface area contributed by atoms with Crippen molar-refractivity contribution in [2.24, 2.45) is 0 Å². The van der Waals surface area contributed by atoms with Gasteiger partial charge >= 0.3 is 0 Å². The van der Waals surface area contributed by atoms with Crippen LogP contribution in [0.15, 0.2) is 82.2 Å². The third-order valence-electron chi connectivity index (χ3n) is 4.07. The lowest BCUT2D eigenvalue weighted by atomic mass is 10.2. The van der Waals surface area contributed by atoms with E-state index in [1.165, 1.54) is 53.8 Å². The molecule has 0 aliphatic carbocycles. The lowest BCUT2D eigenvalue weighted by molar-refractivity contribution is 0.102. The SMILES string of the molecule is CN(c1ccccc1)S(=O)(=O)c1ccc(C(=O)Nc2ccc(F)cc2Br)cc1. The Labute approximate surface area is 171 Å². The number of nitrogens with one attached hydrogen (secondary N) is 1. The molecule has 0 fully saturated rings. The summed E-state index contributed by atoms with van der Waals surface area (Å²) in [5.74, 6) is -0.866. The van der Waals surface area contributed by atoms with Crippen molar-refractivity contribution in [2.75, 3.05) is 16.7 Å². The van der Waals surface area contributed by atoms with E-state index >= 15 is 0 Å². The maximum absolute atomic E-state index is 13.1. The van der Waals surface area contributed by atoms with Crippen LogP contribution < -0.4 is 9.62 Å². The number of halogens is 2. The Hall–Kier alpha value is -2.71. The molecule has 0 saturated heterocycles. The van der Waals surface area contributed by atoms with Crippen LogP contribution in [0.3, 0.4) is 0 Å². The highest BCUT2D eigenvalue weighted by Crippen LogP contribution is 2.25. The highest BCUT2D eigenvalue weighted by molar-refractivity contribution is 9.10. The van der Waals surface area contributed by atoms with Crippen LogP contribution in [0.1, 0.15) is 10.4 Å². The smallest absolute Gasteiger partial charge is 0.264 e. The fourth-order valence-electron chi connectivity index (χ4n) is 2.50. The van der Waals surface area contributed by atoms with Gasteiger partial charge in [0.2, 0.25) is 0 Å². The molecule has 8 heteroatoms. The van der Waals surface area contributed by atoms with E-state index < -0.39 is 21.7 Å². The zero-order valence-corrected chi connectivity index (χ0v) is 17.2. The Balaban J connectivity index is 1.80. The van der Waals surface area contributed by atoms with E-state index in [9.17, 15) is 17.6 Å². The average molecular weight is 463 g/mol. The zero-order chi connectivity index (χ0) is 20.3. The molecule has 144 valence electrons. The maximum Gasteiger partial charge on any atom is 0.264 e. The van der Waals surface area contributed by atoms with Crippen molar-refractivity contribution in [3.05, 3.63) is 88.6 Å². The molecule has 0 radical (unpaired) electrons. The lowest BCUT2D eigenvalue weighted by Crippen LogP contribution is -2.26. The van der Waals surface area contributed by atoms with Crippen molar-refractivity contribution in [3.63, 3.8) is 0 Å². The Kier molecular flexibility index (Phi) is 5.81. The number of carbonyl (C=O) groups is 1. The van der Waals surface area contributed by atoms with Crippen LogP contribution >= 0.6 is 15.9 Å². The second-order valence-electron chi connectivity index (χ2n) is 5.91. The van der Waals surface area contributed by atoms with Crippen LogP contribution in [0.4, 0.5) is 15.8 Å². The number of carbonyl (C=O) groups excluding carboxylic acids is 1. The van der Waals surface area contributed by atoms with E-state index in [1.54, 1.807) is 30.3 Å². The summed E-state index contributed by atoms with van der Waals surface area (Å²) >= 11 is 3.18. The molecule has 3 aromatic rings. The number of amides is 1. The number of hydrogen-bond donors (Lipinski definition) is 1. The molecular weight excluding hydrogens is 447 g/mol. The highest BCUT2D eigenvalue weighted by Gasteiger charge is 2.21. The topological polar surface area (TPSA) is 66.5 Å². The number of anilines is 2. The van der Waals surface area contributed by atoms with Gasteiger partial charge in [-0.05, 0) is 70.5 Å². The van der Waals surface area contributed by atoms with E-state index in [-0.39, 0.29) is 10.5 Å². The van der Waals surface area contributed by atoms with Crippen LogP contribution in [0, 0.1) is 5.82 Å². The summed E-state index contributed by atoms with van der Waals surface area (Å²) in [5.41, 5.74) is 1.22. The molecule has 0 bridgehead atoms. The number of benzene rings is 3.